The Morgan fingerprint density at radius 1 is 1.21 bits per heavy atom. The molecule has 0 unspecified atom stereocenters. The second-order valence-corrected chi connectivity index (χ2v) is 3.04. The third-order valence-electron chi connectivity index (χ3n) is 2.24. The molecular formula is C13H10O. The zero-order valence-electron chi connectivity index (χ0n) is 7.95. The molecule has 1 nitrogen and oxygen atoms in total. The first-order chi connectivity index (χ1) is 6.85. The monoisotopic (exact) mass is 182 g/mol. The molecule has 0 aliphatic heterocycles. The number of hydrogen-bond donors (Lipinski definition) is 0. The number of methoxy groups -OCH3 is 1. The molecule has 0 aromatic heterocycles. The molecule has 0 amide bonds. The van der Waals surface area contributed by atoms with Gasteiger partial charge in [0.1, 0.15) is 5.75 Å². The van der Waals surface area contributed by atoms with Crippen LogP contribution in [0.3, 0.4) is 0 Å². The fourth-order valence-electron chi connectivity index (χ4n) is 1.50. The fourth-order valence-corrected chi connectivity index (χ4v) is 1.50. The predicted octanol–water partition coefficient (Wildman–Crippen LogP) is 2.83. The minimum atomic E-state index is 0.834. The van der Waals surface area contributed by atoms with Gasteiger partial charge in [0.25, 0.3) is 0 Å². The van der Waals surface area contributed by atoms with Gasteiger partial charge in [-0.2, -0.15) is 0 Å². The Bertz CT molecular complexity index is 506. The van der Waals surface area contributed by atoms with Gasteiger partial charge in [0.2, 0.25) is 0 Å². The Hall–Kier alpha value is -1.94. The number of terminal acetylenes is 1. The van der Waals surface area contributed by atoms with E-state index in [0.717, 1.165) is 22.1 Å². The van der Waals surface area contributed by atoms with Crippen molar-refractivity contribution >= 4 is 10.8 Å². The van der Waals surface area contributed by atoms with Crippen LogP contribution in [-0.2, 0) is 0 Å². The van der Waals surface area contributed by atoms with Crippen LogP contribution < -0.4 is 4.74 Å². The molecule has 0 atom stereocenters. The number of fused-ring (bicyclic) bond motifs is 1. The summed E-state index contributed by atoms with van der Waals surface area (Å²) in [6, 6.07) is 11.8. The molecule has 1 heteroatoms. The molecule has 0 aliphatic carbocycles. The summed E-state index contributed by atoms with van der Waals surface area (Å²) < 4.78 is 5.15. The first kappa shape index (κ1) is 8.65. The molecule has 2 aromatic rings. The molecule has 0 heterocycles. The molecule has 14 heavy (non-hydrogen) atoms. The zero-order valence-corrected chi connectivity index (χ0v) is 7.95. The maximum absolute atomic E-state index is 5.42. The normalized spacial score (nSPS) is 9.71. The summed E-state index contributed by atoms with van der Waals surface area (Å²) in [6.07, 6.45) is 5.42. The van der Waals surface area contributed by atoms with E-state index in [1.165, 1.54) is 0 Å². The standard InChI is InChI=1S/C13H10O/c1-3-10-5-4-6-11-7-8-12(14-2)9-13(10)11/h1,4-9H,2H3. The summed E-state index contributed by atoms with van der Waals surface area (Å²) in [4.78, 5) is 0. The van der Waals surface area contributed by atoms with E-state index >= 15 is 0 Å². The van der Waals surface area contributed by atoms with Crippen molar-refractivity contribution in [2.24, 2.45) is 0 Å². The van der Waals surface area contributed by atoms with Crippen LogP contribution in [0.15, 0.2) is 36.4 Å². The van der Waals surface area contributed by atoms with Gasteiger partial charge in [-0.3, -0.25) is 0 Å². The summed E-state index contributed by atoms with van der Waals surface area (Å²) in [5, 5.41) is 2.20. The quantitative estimate of drug-likeness (QED) is 0.616. The van der Waals surface area contributed by atoms with Crippen LogP contribution in [0.4, 0.5) is 0 Å². The van der Waals surface area contributed by atoms with Crippen LogP contribution in [0.25, 0.3) is 10.8 Å². The van der Waals surface area contributed by atoms with Gasteiger partial charge in [-0.05, 0) is 23.6 Å². The van der Waals surface area contributed by atoms with E-state index in [-0.39, 0.29) is 0 Å². The minimum absolute atomic E-state index is 0.834. The Labute approximate surface area is 83.3 Å². The Morgan fingerprint density at radius 2 is 2.07 bits per heavy atom. The highest BCUT2D eigenvalue weighted by Crippen LogP contribution is 2.23. The lowest BCUT2D eigenvalue weighted by Gasteiger charge is -2.03. The maximum Gasteiger partial charge on any atom is 0.119 e. The van der Waals surface area contributed by atoms with Crippen LogP contribution in [0.2, 0.25) is 0 Å². The molecule has 0 saturated heterocycles. The van der Waals surface area contributed by atoms with E-state index in [1.807, 2.05) is 36.4 Å². The van der Waals surface area contributed by atoms with Crippen molar-refractivity contribution in [3.05, 3.63) is 42.0 Å². The van der Waals surface area contributed by atoms with Crippen LogP contribution >= 0.6 is 0 Å². The number of rotatable bonds is 1. The molecule has 0 saturated carbocycles. The molecule has 0 bridgehead atoms. The highest BCUT2D eigenvalue weighted by Gasteiger charge is 1.99. The van der Waals surface area contributed by atoms with E-state index in [1.54, 1.807) is 7.11 Å². The third-order valence-corrected chi connectivity index (χ3v) is 2.24. The second kappa shape index (κ2) is 3.43. The molecule has 68 valence electrons. The number of ether oxygens (including phenoxy) is 1. The zero-order chi connectivity index (χ0) is 9.97. The van der Waals surface area contributed by atoms with Crippen LogP contribution in [0.1, 0.15) is 5.56 Å². The van der Waals surface area contributed by atoms with Crippen LogP contribution in [0.5, 0.6) is 5.75 Å². The largest absolute Gasteiger partial charge is 0.497 e. The van der Waals surface area contributed by atoms with E-state index in [4.69, 9.17) is 11.2 Å². The third kappa shape index (κ3) is 1.31. The van der Waals surface area contributed by atoms with Gasteiger partial charge in [0, 0.05) is 10.9 Å². The first-order valence-electron chi connectivity index (χ1n) is 4.38. The lowest BCUT2D eigenvalue weighted by Crippen LogP contribution is -1.84. The highest BCUT2D eigenvalue weighted by molar-refractivity contribution is 5.89. The average molecular weight is 182 g/mol. The smallest absolute Gasteiger partial charge is 0.119 e. The van der Waals surface area contributed by atoms with Crippen LogP contribution in [0, 0.1) is 12.3 Å². The van der Waals surface area contributed by atoms with E-state index < -0.39 is 0 Å². The predicted molar refractivity (Wildman–Crippen MR) is 58.4 cm³/mol. The highest BCUT2D eigenvalue weighted by atomic mass is 16.5. The van der Waals surface area contributed by atoms with Crippen molar-refractivity contribution in [2.75, 3.05) is 7.11 Å². The summed E-state index contributed by atoms with van der Waals surface area (Å²) in [7, 11) is 1.65. The Morgan fingerprint density at radius 3 is 2.79 bits per heavy atom. The van der Waals surface area contributed by atoms with Crippen molar-refractivity contribution in [3.8, 4) is 18.1 Å². The van der Waals surface area contributed by atoms with Crippen LogP contribution in [-0.4, -0.2) is 7.11 Å². The molecular weight excluding hydrogens is 172 g/mol. The van der Waals surface area contributed by atoms with Crippen molar-refractivity contribution in [3.63, 3.8) is 0 Å². The first-order valence-corrected chi connectivity index (χ1v) is 4.38. The van der Waals surface area contributed by atoms with Crippen molar-refractivity contribution in [1.29, 1.82) is 0 Å². The molecule has 0 N–H and O–H groups in total. The maximum atomic E-state index is 5.42. The van der Waals surface area contributed by atoms with Gasteiger partial charge >= 0.3 is 0 Å². The van der Waals surface area contributed by atoms with Gasteiger partial charge in [-0.15, -0.1) is 6.42 Å². The molecule has 2 aromatic carbocycles. The van der Waals surface area contributed by atoms with Gasteiger partial charge < -0.3 is 4.74 Å². The summed E-state index contributed by atoms with van der Waals surface area (Å²) in [5.41, 5.74) is 0.904. The van der Waals surface area contributed by atoms with Crippen molar-refractivity contribution < 1.29 is 4.74 Å². The Balaban J connectivity index is 2.78. The summed E-state index contributed by atoms with van der Waals surface area (Å²) in [5.74, 6) is 3.50. The van der Waals surface area contributed by atoms with E-state index in [9.17, 15) is 0 Å². The fraction of sp³-hybridized carbons (Fsp3) is 0.0769. The number of hydrogen-bond acceptors (Lipinski definition) is 1. The molecule has 0 spiro atoms. The van der Waals surface area contributed by atoms with Gasteiger partial charge in [-0.25, -0.2) is 0 Å². The summed E-state index contributed by atoms with van der Waals surface area (Å²) in [6.45, 7) is 0. The number of benzene rings is 2. The van der Waals surface area contributed by atoms with Gasteiger partial charge in [-0.1, -0.05) is 24.1 Å². The van der Waals surface area contributed by atoms with Crippen molar-refractivity contribution in [2.45, 2.75) is 0 Å². The lowest BCUT2D eigenvalue weighted by atomic mass is 10.0. The minimum Gasteiger partial charge on any atom is -0.497 e. The van der Waals surface area contributed by atoms with E-state index in [0.29, 0.717) is 0 Å². The SMILES string of the molecule is C#Cc1cccc2ccc(OC)cc12. The van der Waals surface area contributed by atoms with Crippen molar-refractivity contribution in [1.82, 2.24) is 0 Å². The van der Waals surface area contributed by atoms with Gasteiger partial charge in [0.15, 0.2) is 0 Å². The Kier molecular flexibility index (Phi) is 2.12. The molecule has 2 rings (SSSR count). The molecule has 0 radical (unpaired) electrons. The van der Waals surface area contributed by atoms with E-state index in [2.05, 4.69) is 5.92 Å². The second-order valence-electron chi connectivity index (χ2n) is 3.04. The molecule has 0 aliphatic rings. The lowest BCUT2D eigenvalue weighted by molar-refractivity contribution is 0.415. The molecule has 0 fully saturated rings. The summed E-state index contributed by atoms with van der Waals surface area (Å²) >= 11 is 0. The van der Waals surface area contributed by atoms with Gasteiger partial charge in [0.05, 0.1) is 7.11 Å². The average Bonchev–Trinajstić information content (AvgIpc) is 2.27. The topological polar surface area (TPSA) is 9.23 Å².